The van der Waals surface area contributed by atoms with E-state index < -0.39 is 0 Å². The van der Waals surface area contributed by atoms with Gasteiger partial charge in [-0.25, -0.2) is 0 Å². The lowest BCUT2D eigenvalue weighted by molar-refractivity contribution is -0.135. The number of carbonyl (C=O) groups is 1. The predicted octanol–water partition coefficient (Wildman–Crippen LogP) is 2.74. The molecule has 0 aromatic rings. The number of likely N-dealkylation sites (tertiary alicyclic amines) is 1. The summed E-state index contributed by atoms with van der Waals surface area (Å²) in [7, 11) is 0. The Balaban J connectivity index is 2.31. The Morgan fingerprint density at radius 2 is 1.79 bits per heavy atom. The molecule has 0 bridgehead atoms. The van der Waals surface area contributed by atoms with Crippen molar-refractivity contribution in [3.63, 3.8) is 0 Å². The maximum absolute atomic E-state index is 12.9. The van der Waals surface area contributed by atoms with E-state index in [4.69, 9.17) is 4.74 Å². The van der Waals surface area contributed by atoms with Crippen LogP contribution in [0, 0.1) is 17.3 Å². The molecular weight excluding hydrogens is 238 g/mol. The average molecular weight is 267 g/mol. The summed E-state index contributed by atoms with van der Waals surface area (Å²) < 4.78 is 5.66. The number of nitrogens with zero attached hydrogens (tertiary/aromatic N) is 1. The molecule has 3 atom stereocenters. The van der Waals surface area contributed by atoms with E-state index in [1.54, 1.807) is 0 Å². The number of ether oxygens (including phenoxy) is 1. The number of ketones is 1. The molecule has 0 aliphatic carbocycles. The lowest BCUT2D eigenvalue weighted by Gasteiger charge is -2.40. The summed E-state index contributed by atoms with van der Waals surface area (Å²) in [6.45, 7) is 15.4. The van der Waals surface area contributed by atoms with Crippen LogP contribution in [0.3, 0.4) is 0 Å². The Hall–Kier alpha value is -0.410. The van der Waals surface area contributed by atoms with Crippen LogP contribution in [-0.2, 0) is 9.53 Å². The molecule has 110 valence electrons. The molecule has 3 nitrogen and oxygen atoms in total. The van der Waals surface area contributed by atoms with Crippen LogP contribution in [0.1, 0.15) is 48.0 Å². The van der Waals surface area contributed by atoms with Gasteiger partial charge in [-0.2, -0.15) is 0 Å². The van der Waals surface area contributed by atoms with E-state index in [2.05, 4.69) is 25.7 Å². The molecule has 19 heavy (non-hydrogen) atoms. The number of carbonyl (C=O) groups excluding carboxylic acids is 1. The molecule has 0 radical (unpaired) electrons. The van der Waals surface area contributed by atoms with Crippen molar-refractivity contribution in [2.45, 2.75) is 59.5 Å². The highest BCUT2D eigenvalue weighted by atomic mass is 16.5. The van der Waals surface area contributed by atoms with Gasteiger partial charge < -0.3 is 4.74 Å². The topological polar surface area (TPSA) is 29.5 Å². The molecule has 2 aliphatic heterocycles. The summed E-state index contributed by atoms with van der Waals surface area (Å²) in [5.41, 5.74) is -0.233. The molecule has 2 saturated heterocycles. The zero-order valence-electron chi connectivity index (χ0n) is 13.3. The minimum absolute atomic E-state index is 0.0327. The molecule has 0 spiro atoms. The highest BCUT2D eigenvalue weighted by Gasteiger charge is 2.51. The lowest BCUT2D eigenvalue weighted by Crippen LogP contribution is -2.53. The standard InChI is InChI=1S/C16H29NO2/c1-15(2,3)14(18)13-12-10-19-8-7-11(12)9-17(13)16(4,5)6/h11-13H,7-10H2,1-6H3. The molecule has 2 rings (SSSR count). The minimum atomic E-state index is -0.277. The molecule has 2 heterocycles. The van der Waals surface area contributed by atoms with Crippen LogP contribution in [0.5, 0.6) is 0 Å². The fraction of sp³-hybridized carbons (Fsp3) is 0.938. The fourth-order valence-corrected chi connectivity index (χ4v) is 3.45. The van der Waals surface area contributed by atoms with Crippen LogP contribution >= 0.6 is 0 Å². The van der Waals surface area contributed by atoms with Crippen LogP contribution in [-0.4, -0.2) is 42.0 Å². The Morgan fingerprint density at radius 3 is 2.32 bits per heavy atom. The Bertz CT molecular complexity index is 351. The summed E-state index contributed by atoms with van der Waals surface area (Å²) >= 11 is 0. The van der Waals surface area contributed by atoms with Crippen LogP contribution < -0.4 is 0 Å². The van der Waals surface area contributed by atoms with Gasteiger partial charge in [0.05, 0.1) is 12.6 Å². The SMILES string of the molecule is CC(C)(C)C(=O)C1C2COCCC2CN1C(C)(C)C. The van der Waals surface area contributed by atoms with Gasteiger partial charge in [-0.15, -0.1) is 0 Å². The summed E-state index contributed by atoms with van der Waals surface area (Å²) in [5, 5.41) is 0. The van der Waals surface area contributed by atoms with Crippen molar-refractivity contribution < 1.29 is 9.53 Å². The number of hydrogen-bond donors (Lipinski definition) is 0. The molecular formula is C16H29NO2. The zero-order chi connectivity index (χ0) is 14.4. The van der Waals surface area contributed by atoms with E-state index in [0.29, 0.717) is 17.6 Å². The van der Waals surface area contributed by atoms with E-state index in [-0.39, 0.29) is 17.0 Å². The van der Waals surface area contributed by atoms with Crippen molar-refractivity contribution in [2.24, 2.45) is 17.3 Å². The predicted molar refractivity (Wildman–Crippen MR) is 77.1 cm³/mol. The molecule has 2 fully saturated rings. The van der Waals surface area contributed by atoms with Gasteiger partial charge in [-0.05, 0) is 33.1 Å². The van der Waals surface area contributed by atoms with Gasteiger partial charge in [-0.1, -0.05) is 20.8 Å². The largest absolute Gasteiger partial charge is 0.381 e. The van der Waals surface area contributed by atoms with Gasteiger partial charge in [0.2, 0.25) is 0 Å². The van der Waals surface area contributed by atoms with Crippen LogP contribution in [0.2, 0.25) is 0 Å². The number of Topliss-reactive ketones (excluding diaryl/α,β-unsaturated/α-hetero) is 1. The molecule has 0 aromatic carbocycles. The van der Waals surface area contributed by atoms with Crippen molar-refractivity contribution in [2.75, 3.05) is 19.8 Å². The first kappa shape index (κ1) is 15.0. The molecule has 3 heteroatoms. The van der Waals surface area contributed by atoms with Crippen molar-refractivity contribution >= 4 is 5.78 Å². The third-order valence-electron chi connectivity index (χ3n) is 4.59. The maximum atomic E-state index is 12.9. The van der Waals surface area contributed by atoms with Gasteiger partial charge in [-0.3, -0.25) is 9.69 Å². The molecule has 2 aliphatic rings. The van der Waals surface area contributed by atoms with Crippen molar-refractivity contribution in [1.82, 2.24) is 4.90 Å². The Labute approximate surface area is 117 Å². The maximum Gasteiger partial charge on any atom is 0.155 e. The van der Waals surface area contributed by atoms with Crippen molar-refractivity contribution in [1.29, 1.82) is 0 Å². The molecule has 0 amide bonds. The quantitative estimate of drug-likeness (QED) is 0.731. The minimum Gasteiger partial charge on any atom is -0.381 e. The molecule has 0 N–H and O–H groups in total. The lowest BCUT2D eigenvalue weighted by atomic mass is 9.78. The third kappa shape index (κ3) is 2.87. The van der Waals surface area contributed by atoms with Gasteiger partial charge in [0.15, 0.2) is 5.78 Å². The smallest absolute Gasteiger partial charge is 0.155 e. The Kier molecular flexibility index (Phi) is 3.83. The number of hydrogen-bond acceptors (Lipinski definition) is 3. The van der Waals surface area contributed by atoms with Gasteiger partial charge in [0, 0.05) is 30.0 Å². The monoisotopic (exact) mass is 267 g/mol. The van der Waals surface area contributed by atoms with Crippen LogP contribution in [0.25, 0.3) is 0 Å². The molecule has 0 aromatic heterocycles. The first-order chi connectivity index (χ1) is 8.62. The average Bonchev–Trinajstić information content (AvgIpc) is 2.65. The van der Waals surface area contributed by atoms with E-state index in [9.17, 15) is 4.79 Å². The highest BCUT2D eigenvalue weighted by Crippen LogP contribution is 2.41. The van der Waals surface area contributed by atoms with Crippen molar-refractivity contribution in [3.05, 3.63) is 0 Å². The highest BCUT2D eigenvalue weighted by molar-refractivity contribution is 5.89. The summed E-state index contributed by atoms with van der Waals surface area (Å²) in [6.07, 6.45) is 1.10. The van der Waals surface area contributed by atoms with Crippen LogP contribution in [0.4, 0.5) is 0 Å². The molecule has 0 saturated carbocycles. The van der Waals surface area contributed by atoms with Gasteiger partial charge in [0.1, 0.15) is 0 Å². The van der Waals surface area contributed by atoms with E-state index in [1.165, 1.54) is 0 Å². The second kappa shape index (κ2) is 4.85. The first-order valence-electron chi connectivity index (χ1n) is 7.51. The second-order valence-electron chi connectivity index (χ2n) is 8.17. The van der Waals surface area contributed by atoms with E-state index in [1.807, 2.05) is 20.8 Å². The second-order valence-corrected chi connectivity index (χ2v) is 8.17. The zero-order valence-corrected chi connectivity index (χ0v) is 13.3. The third-order valence-corrected chi connectivity index (χ3v) is 4.59. The van der Waals surface area contributed by atoms with E-state index >= 15 is 0 Å². The van der Waals surface area contributed by atoms with Crippen LogP contribution in [0.15, 0.2) is 0 Å². The Morgan fingerprint density at radius 1 is 1.16 bits per heavy atom. The van der Waals surface area contributed by atoms with Gasteiger partial charge >= 0.3 is 0 Å². The van der Waals surface area contributed by atoms with Crippen molar-refractivity contribution in [3.8, 4) is 0 Å². The number of fused-ring (bicyclic) bond motifs is 1. The first-order valence-corrected chi connectivity index (χ1v) is 7.51. The molecule has 3 unspecified atom stereocenters. The summed E-state index contributed by atoms with van der Waals surface area (Å²) in [5.74, 6) is 1.39. The number of rotatable bonds is 1. The van der Waals surface area contributed by atoms with Gasteiger partial charge in [0.25, 0.3) is 0 Å². The normalized spacial score (nSPS) is 33.3. The summed E-state index contributed by atoms with van der Waals surface area (Å²) in [4.78, 5) is 15.3. The summed E-state index contributed by atoms with van der Waals surface area (Å²) in [6, 6.07) is 0.0327. The fourth-order valence-electron chi connectivity index (χ4n) is 3.45. The van der Waals surface area contributed by atoms with E-state index in [0.717, 1.165) is 26.2 Å².